The van der Waals surface area contributed by atoms with Crippen molar-refractivity contribution in [3.05, 3.63) is 12.2 Å². The molecule has 0 N–H and O–H groups in total. The molecule has 0 fully saturated rings. The Kier molecular flexibility index (Phi) is 14.5. The Morgan fingerprint density at radius 2 is 1.50 bits per heavy atom. The number of unbranched alkanes of at least 4 members (excludes halogenated alkanes) is 6. The Labute approximate surface area is 115 Å². The van der Waals surface area contributed by atoms with E-state index in [1.54, 1.807) is 0 Å². The van der Waals surface area contributed by atoms with Gasteiger partial charge in [-0.15, -0.1) is 0 Å². The minimum absolute atomic E-state index is 0.494. The number of hydrogen-bond donors (Lipinski definition) is 0. The largest absolute Gasteiger partial charge is 0.379 e. The molecular weight excluding hydrogens is 220 g/mol. The van der Waals surface area contributed by atoms with Crippen LogP contribution in [-0.4, -0.2) is 12.7 Å². The average molecular weight is 254 g/mol. The van der Waals surface area contributed by atoms with Crippen molar-refractivity contribution in [2.75, 3.05) is 6.61 Å². The first kappa shape index (κ1) is 17.7. The fraction of sp³-hybridized carbons (Fsp3) is 0.882. The molecule has 1 unspecified atom stereocenters. The zero-order valence-electron chi connectivity index (χ0n) is 12.9. The van der Waals surface area contributed by atoms with Crippen molar-refractivity contribution in [1.29, 1.82) is 0 Å². The maximum absolute atomic E-state index is 5.66. The van der Waals surface area contributed by atoms with Gasteiger partial charge in [-0.3, -0.25) is 0 Å². The molecule has 0 rings (SSSR count). The zero-order valence-corrected chi connectivity index (χ0v) is 12.9. The van der Waals surface area contributed by atoms with Crippen LogP contribution in [0.15, 0.2) is 12.2 Å². The van der Waals surface area contributed by atoms with Gasteiger partial charge in [0.15, 0.2) is 0 Å². The Bertz CT molecular complexity index is 174. The third-order valence-corrected chi connectivity index (χ3v) is 3.40. The molecule has 0 aliphatic carbocycles. The zero-order chi connectivity index (χ0) is 13.5. The van der Waals surface area contributed by atoms with Crippen LogP contribution in [-0.2, 0) is 4.74 Å². The van der Waals surface area contributed by atoms with E-state index < -0.39 is 0 Å². The minimum atomic E-state index is 0.494. The summed E-state index contributed by atoms with van der Waals surface area (Å²) in [5.74, 6) is 0. The molecule has 1 heteroatoms. The number of allylic oxidation sites excluding steroid dienone is 2. The normalized spacial score (nSPS) is 13.3. The first-order valence-corrected chi connectivity index (χ1v) is 8.11. The van der Waals surface area contributed by atoms with E-state index in [9.17, 15) is 0 Å². The first-order valence-electron chi connectivity index (χ1n) is 8.11. The molecule has 0 aromatic carbocycles. The van der Waals surface area contributed by atoms with E-state index >= 15 is 0 Å². The Hall–Kier alpha value is -0.300. The van der Waals surface area contributed by atoms with Crippen LogP contribution in [0.3, 0.4) is 0 Å². The molecule has 0 heterocycles. The number of hydrogen-bond acceptors (Lipinski definition) is 1. The Morgan fingerprint density at radius 1 is 0.833 bits per heavy atom. The lowest BCUT2D eigenvalue weighted by Crippen LogP contribution is -2.11. The van der Waals surface area contributed by atoms with Gasteiger partial charge in [0.25, 0.3) is 0 Å². The van der Waals surface area contributed by atoms with E-state index in [4.69, 9.17) is 4.74 Å². The summed E-state index contributed by atoms with van der Waals surface area (Å²) in [4.78, 5) is 0. The van der Waals surface area contributed by atoms with Crippen molar-refractivity contribution in [2.45, 2.75) is 91.1 Å². The van der Waals surface area contributed by atoms with Crippen LogP contribution >= 0.6 is 0 Å². The molecule has 0 aromatic heterocycles. The molecule has 108 valence electrons. The highest BCUT2D eigenvalue weighted by molar-refractivity contribution is 4.81. The SMILES string of the molecule is CCCCCC/C=C\CCCCC(CC)OCC. The summed E-state index contributed by atoms with van der Waals surface area (Å²) in [6.45, 7) is 7.43. The molecule has 0 saturated heterocycles. The molecule has 0 radical (unpaired) electrons. The second-order valence-corrected chi connectivity index (χ2v) is 5.09. The highest BCUT2D eigenvalue weighted by atomic mass is 16.5. The summed E-state index contributed by atoms with van der Waals surface area (Å²) in [7, 11) is 0. The van der Waals surface area contributed by atoms with E-state index in [2.05, 4.69) is 32.9 Å². The summed E-state index contributed by atoms with van der Waals surface area (Å²) in [5.41, 5.74) is 0. The van der Waals surface area contributed by atoms with Crippen molar-refractivity contribution < 1.29 is 4.74 Å². The van der Waals surface area contributed by atoms with Gasteiger partial charge < -0.3 is 4.74 Å². The monoisotopic (exact) mass is 254 g/mol. The molecule has 0 bridgehead atoms. The van der Waals surface area contributed by atoms with Crippen LogP contribution in [0.2, 0.25) is 0 Å². The van der Waals surface area contributed by atoms with Crippen molar-refractivity contribution in [2.24, 2.45) is 0 Å². The summed E-state index contributed by atoms with van der Waals surface area (Å²) in [5, 5.41) is 0. The Morgan fingerprint density at radius 3 is 2.06 bits per heavy atom. The number of rotatable bonds is 13. The maximum Gasteiger partial charge on any atom is 0.0572 e. The van der Waals surface area contributed by atoms with Crippen LogP contribution in [0.1, 0.15) is 85.0 Å². The van der Waals surface area contributed by atoms with Crippen LogP contribution in [0.4, 0.5) is 0 Å². The van der Waals surface area contributed by atoms with Crippen molar-refractivity contribution in [1.82, 2.24) is 0 Å². The molecule has 0 amide bonds. The van der Waals surface area contributed by atoms with Crippen LogP contribution in [0.25, 0.3) is 0 Å². The third-order valence-electron chi connectivity index (χ3n) is 3.40. The van der Waals surface area contributed by atoms with Gasteiger partial charge in [-0.05, 0) is 45.4 Å². The number of ether oxygens (including phenoxy) is 1. The van der Waals surface area contributed by atoms with Crippen LogP contribution < -0.4 is 0 Å². The summed E-state index contributed by atoms with van der Waals surface area (Å²) < 4.78 is 5.66. The molecule has 0 aromatic rings. The average Bonchev–Trinajstić information content (AvgIpc) is 2.39. The molecule has 0 saturated carbocycles. The van der Waals surface area contributed by atoms with E-state index in [0.717, 1.165) is 13.0 Å². The fourth-order valence-electron chi connectivity index (χ4n) is 2.20. The lowest BCUT2D eigenvalue weighted by Gasteiger charge is -2.13. The first-order chi connectivity index (χ1) is 8.85. The molecule has 0 aliphatic rings. The van der Waals surface area contributed by atoms with Gasteiger partial charge in [0.05, 0.1) is 6.10 Å². The highest BCUT2D eigenvalue weighted by Gasteiger charge is 2.03. The molecule has 18 heavy (non-hydrogen) atoms. The maximum atomic E-state index is 5.66. The van der Waals surface area contributed by atoms with Gasteiger partial charge in [0.1, 0.15) is 0 Å². The second-order valence-electron chi connectivity index (χ2n) is 5.09. The van der Waals surface area contributed by atoms with Crippen molar-refractivity contribution in [3.63, 3.8) is 0 Å². The van der Waals surface area contributed by atoms with E-state index in [1.807, 2.05) is 0 Å². The Balaban J connectivity index is 3.25. The fourth-order valence-corrected chi connectivity index (χ4v) is 2.20. The van der Waals surface area contributed by atoms with Gasteiger partial charge >= 0.3 is 0 Å². The summed E-state index contributed by atoms with van der Waals surface area (Å²) >= 11 is 0. The smallest absolute Gasteiger partial charge is 0.0572 e. The molecule has 0 aliphatic heterocycles. The van der Waals surface area contributed by atoms with Gasteiger partial charge in [0, 0.05) is 6.61 Å². The highest BCUT2D eigenvalue weighted by Crippen LogP contribution is 2.10. The van der Waals surface area contributed by atoms with E-state index in [-0.39, 0.29) is 0 Å². The standard InChI is InChI=1S/C17H34O/c1-4-7-8-9-10-11-12-13-14-15-16-17(5-2)18-6-3/h11-12,17H,4-10,13-16H2,1-3H3/b12-11-. The van der Waals surface area contributed by atoms with Gasteiger partial charge in [-0.2, -0.15) is 0 Å². The van der Waals surface area contributed by atoms with E-state index in [1.165, 1.54) is 57.8 Å². The van der Waals surface area contributed by atoms with Crippen LogP contribution in [0, 0.1) is 0 Å². The predicted octanol–water partition coefficient (Wildman–Crippen LogP) is 5.89. The summed E-state index contributed by atoms with van der Waals surface area (Å²) in [6, 6.07) is 0. The molecule has 1 atom stereocenters. The van der Waals surface area contributed by atoms with E-state index in [0.29, 0.717) is 6.10 Å². The minimum Gasteiger partial charge on any atom is -0.379 e. The van der Waals surface area contributed by atoms with Crippen molar-refractivity contribution in [3.8, 4) is 0 Å². The van der Waals surface area contributed by atoms with Crippen LogP contribution in [0.5, 0.6) is 0 Å². The molecule has 1 nitrogen and oxygen atoms in total. The van der Waals surface area contributed by atoms with Gasteiger partial charge in [-0.25, -0.2) is 0 Å². The van der Waals surface area contributed by atoms with Gasteiger partial charge in [0.2, 0.25) is 0 Å². The topological polar surface area (TPSA) is 9.23 Å². The second kappa shape index (κ2) is 14.8. The lowest BCUT2D eigenvalue weighted by atomic mass is 10.1. The predicted molar refractivity (Wildman–Crippen MR) is 82.1 cm³/mol. The molecule has 0 spiro atoms. The van der Waals surface area contributed by atoms with Gasteiger partial charge in [-0.1, -0.05) is 51.7 Å². The molecular formula is C17H34O. The third kappa shape index (κ3) is 12.2. The lowest BCUT2D eigenvalue weighted by molar-refractivity contribution is 0.0525. The summed E-state index contributed by atoms with van der Waals surface area (Å²) in [6.07, 6.45) is 18.2. The van der Waals surface area contributed by atoms with Crippen molar-refractivity contribution >= 4 is 0 Å². The quantitative estimate of drug-likeness (QED) is 0.294.